The number of carbonyl (C=O) groups is 1. The van der Waals surface area contributed by atoms with Crippen LogP contribution in [-0.2, 0) is 0 Å². The van der Waals surface area contributed by atoms with Crippen LogP contribution in [0.4, 0.5) is 0 Å². The van der Waals surface area contributed by atoms with E-state index in [2.05, 4.69) is 0 Å². The fraction of sp³-hybridized carbons (Fsp3) is 0.500. The lowest BCUT2D eigenvalue weighted by Gasteiger charge is -2.17. The SMILES string of the molecule is Cc1ccc(C(=O)N(C)CCCCCN)cc1O. The van der Waals surface area contributed by atoms with Gasteiger partial charge >= 0.3 is 0 Å². The molecule has 0 bridgehead atoms. The van der Waals surface area contributed by atoms with Crippen LogP contribution in [0.1, 0.15) is 35.2 Å². The van der Waals surface area contributed by atoms with E-state index in [1.165, 1.54) is 6.07 Å². The average Bonchev–Trinajstić information content (AvgIpc) is 2.37. The molecule has 1 amide bonds. The number of carbonyl (C=O) groups excluding carboxylic acids is 1. The zero-order valence-corrected chi connectivity index (χ0v) is 11.1. The molecule has 0 aliphatic carbocycles. The van der Waals surface area contributed by atoms with Crippen molar-refractivity contribution < 1.29 is 9.90 Å². The second-order valence-corrected chi connectivity index (χ2v) is 4.58. The van der Waals surface area contributed by atoms with Gasteiger partial charge in [-0.1, -0.05) is 12.5 Å². The van der Waals surface area contributed by atoms with E-state index in [9.17, 15) is 9.90 Å². The van der Waals surface area contributed by atoms with Gasteiger partial charge in [-0.15, -0.1) is 0 Å². The van der Waals surface area contributed by atoms with E-state index in [1.807, 2.05) is 0 Å². The van der Waals surface area contributed by atoms with Crippen molar-refractivity contribution in [3.05, 3.63) is 29.3 Å². The van der Waals surface area contributed by atoms with Crippen LogP contribution < -0.4 is 5.73 Å². The summed E-state index contributed by atoms with van der Waals surface area (Å²) in [5.41, 5.74) is 6.72. The van der Waals surface area contributed by atoms with Crippen LogP contribution in [0.3, 0.4) is 0 Å². The van der Waals surface area contributed by atoms with E-state index in [0.717, 1.165) is 24.8 Å². The van der Waals surface area contributed by atoms with Crippen molar-refractivity contribution in [3.63, 3.8) is 0 Å². The molecule has 0 aromatic heterocycles. The maximum absolute atomic E-state index is 12.1. The largest absolute Gasteiger partial charge is 0.508 e. The minimum Gasteiger partial charge on any atom is -0.508 e. The molecule has 1 aromatic rings. The summed E-state index contributed by atoms with van der Waals surface area (Å²) in [6, 6.07) is 5.02. The minimum absolute atomic E-state index is 0.0574. The molecule has 0 saturated carbocycles. The molecule has 0 aliphatic rings. The molecule has 0 spiro atoms. The van der Waals surface area contributed by atoms with Gasteiger partial charge < -0.3 is 15.7 Å². The van der Waals surface area contributed by atoms with Gasteiger partial charge in [-0.3, -0.25) is 4.79 Å². The topological polar surface area (TPSA) is 66.6 Å². The molecule has 100 valence electrons. The summed E-state index contributed by atoms with van der Waals surface area (Å²) in [5.74, 6) is 0.107. The molecule has 0 saturated heterocycles. The summed E-state index contributed by atoms with van der Waals surface area (Å²) < 4.78 is 0. The Morgan fingerprint density at radius 3 is 2.67 bits per heavy atom. The molecular weight excluding hydrogens is 228 g/mol. The highest BCUT2D eigenvalue weighted by Crippen LogP contribution is 2.18. The Kier molecular flexibility index (Phi) is 5.65. The first-order valence-electron chi connectivity index (χ1n) is 6.31. The maximum atomic E-state index is 12.1. The number of phenolic OH excluding ortho intramolecular Hbond substituents is 1. The van der Waals surface area contributed by atoms with Gasteiger partial charge in [-0.05, 0) is 44.0 Å². The predicted molar refractivity (Wildman–Crippen MR) is 72.7 cm³/mol. The Hall–Kier alpha value is -1.55. The molecule has 0 atom stereocenters. The van der Waals surface area contributed by atoms with Gasteiger partial charge in [-0.25, -0.2) is 0 Å². The van der Waals surface area contributed by atoms with Gasteiger partial charge in [0.05, 0.1) is 0 Å². The van der Waals surface area contributed by atoms with Crippen molar-refractivity contribution in [3.8, 4) is 5.75 Å². The lowest BCUT2D eigenvalue weighted by atomic mass is 10.1. The van der Waals surface area contributed by atoms with Crippen LogP contribution in [0.5, 0.6) is 5.75 Å². The standard InChI is InChI=1S/C14H22N2O2/c1-11-6-7-12(10-13(11)17)14(18)16(2)9-5-3-4-8-15/h6-7,10,17H,3-5,8-9,15H2,1-2H3. The molecule has 4 heteroatoms. The number of nitrogens with zero attached hydrogens (tertiary/aromatic N) is 1. The third-order valence-electron chi connectivity index (χ3n) is 3.00. The highest BCUT2D eigenvalue weighted by atomic mass is 16.3. The highest BCUT2D eigenvalue weighted by Gasteiger charge is 2.12. The highest BCUT2D eigenvalue weighted by molar-refractivity contribution is 5.94. The van der Waals surface area contributed by atoms with Gasteiger partial charge in [-0.2, -0.15) is 0 Å². The van der Waals surface area contributed by atoms with E-state index in [4.69, 9.17) is 5.73 Å². The number of nitrogens with two attached hydrogens (primary N) is 1. The first-order chi connectivity index (χ1) is 8.56. The van der Waals surface area contributed by atoms with Crippen LogP contribution in [-0.4, -0.2) is 36.1 Å². The number of unbranched alkanes of at least 4 members (excludes halogenated alkanes) is 2. The molecular formula is C14H22N2O2. The van der Waals surface area contributed by atoms with E-state index < -0.39 is 0 Å². The number of amides is 1. The van der Waals surface area contributed by atoms with Gasteiger partial charge in [0.25, 0.3) is 5.91 Å². The van der Waals surface area contributed by atoms with E-state index in [1.54, 1.807) is 31.0 Å². The molecule has 0 heterocycles. The van der Waals surface area contributed by atoms with Crippen LogP contribution in [0.25, 0.3) is 0 Å². The average molecular weight is 250 g/mol. The number of aryl methyl sites for hydroxylation is 1. The second-order valence-electron chi connectivity index (χ2n) is 4.58. The van der Waals surface area contributed by atoms with E-state index in [-0.39, 0.29) is 11.7 Å². The van der Waals surface area contributed by atoms with E-state index >= 15 is 0 Å². The van der Waals surface area contributed by atoms with Crippen LogP contribution in [0.15, 0.2) is 18.2 Å². The van der Waals surface area contributed by atoms with Crippen molar-refractivity contribution in [2.24, 2.45) is 5.73 Å². The summed E-state index contributed by atoms with van der Waals surface area (Å²) in [4.78, 5) is 13.7. The molecule has 4 nitrogen and oxygen atoms in total. The quantitative estimate of drug-likeness (QED) is 0.758. The van der Waals surface area contributed by atoms with Crippen molar-refractivity contribution >= 4 is 5.91 Å². The fourth-order valence-electron chi connectivity index (χ4n) is 1.73. The maximum Gasteiger partial charge on any atom is 0.253 e. The Balaban J connectivity index is 2.54. The number of hydrogen-bond donors (Lipinski definition) is 2. The smallest absolute Gasteiger partial charge is 0.253 e. The Bertz CT molecular complexity index is 405. The van der Waals surface area contributed by atoms with Crippen molar-refractivity contribution in [2.75, 3.05) is 20.1 Å². The molecule has 0 unspecified atom stereocenters. The summed E-state index contributed by atoms with van der Waals surface area (Å²) in [7, 11) is 1.78. The summed E-state index contributed by atoms with van der Waals surface area (Å²) >= 11 is 0. The fourth-order valence-corrected chi connectivity index (χ4v) is 1.73. The monoisotopic (exact) mass is 250 g/mol. The third kappa shape index (κ3) is 4.04. The molecule has 0 fully saturated rings. The molecule has 18 heavy (non-hydrogen) atoms. The van der Waals surface area contributed by atoms with Crippen LogP contribution in [0.2, 0.25) is 0 Å². The van der Waals surface area contributed by atoms with Crippen LogP contribution in [0, 0.1) is 6.92 Å². The Morgan fingerprint density at radius 1 is 1.33 bits per heavy atom. The normalized spacial score (nSPS) is 10.4. The van der Waals surface area contributed by atoms with Gasteiger partial charge in [0.1, 0.15) is 5.75 Å². The third-order valence-corrected chi connectivity index (χ3v) is 3.00. The number of phenols is 1. The summed E-state index contributed by atoms with van der Waals surface area (Å²) in [5, 5.41) is 9.59. The summed E-state index contributed by atoms with van der Waals surface area (Å²) in [6.07, 6.45) is 2.98. The Labute approximate surface area is 108 Å². The molecule has 3 N–H and O–H groups in total. The lowest BCUT2D eigenvalue weighted by molar-refractivity contribution is 0.0792. The van der Waals surface area contributed by atoms with Crippen molar-refractivity contribution in [2.45, 2.75) is 26.2 Å². The number of benzene rings is 1. The predicted octanol–water partition coefficient (Wildman–Crippen LogP) is 1.90. The number of rotatable bonds is 6. The molecule has 0 aliphatic heterocycles. The number of hydrogen-bond acceptors (Lipinski definition) is 3. The van der Waals surface area contributed by atoms with Gasteiger partial charge in [0.15, 0.2) is 0 Å². The first-order valence-corrected chi connectivity index (χ1v) is 6.31. The van der Waals surface area contributed by atoms with Gasteiger partial charge in [0, 0.05) is 19.2 Å². The second kappa shape index (κ2) is 7.01. The van der Waals surface area contributed by atoms with Gasteiger partial charge in [0.2, 0.25) is 0 Å². The zero-order chi connectivity index (χ0) is 13.5. The lowest BCUT2D eigenvalue weighted by Crippen LogP contribution is -2.27. The first kappa shape index (κ1) is 14.5. The Morgan fingerprint density at radius 2 is 2.06 bits per heavy atom. The van der Waals surface area contributed by atoms with E-state index in [0.29, 0.717) is 18.7 Å². The molecule has 0 radical (unpaired) electrons. The van der Waals surface area contributed by atoms with Crippen molar-refractivity contribution in [1.29, 1.82) is 0 Å². The summed E-state index contributed by atoms with van der Waals surface area (Å²) in [6.45, 7) is 3.22. The number of aromatic hydroxyl groups is 1. The van der Waals surface area contributed by atoms with Crippen LogP contribution >= 0.6 is 0 Å². The minimum atomic E-state index is -0.0574. The molecule has 1 rings (SSSR count). The zero-order valence-electron chi connectivity index (χ0n) is 11.1. The van der Waals surface area contributed by atoms with Crippen molar-refractivity contribution in [1.82, 2.24) is 4.90 Å². The molecule has 1 aromatic carbocycles.